The van der Waals surface area contributed by atoms with E-state index in [-0.39, 0.29) is 0 Å². The van der Waals surface area contributed by atoms with Crippen molar-refractivity contribution < 1.29 is 4.74 Å². The average Bonchev–Trinajstić information content (AvgIpc) is 3.08. The molecule has 1 heterocycles. The first kappa shape index (κ1) is 18.1. The van der Waals surface area contributed by atoms with Gasteiger partial charge in [0.05, 0.1) is 13.7 Å². The summed E-state index contributed by atoms with van der Waals surface area (Å²) in [5.74, 6) is 1.52. The van der Waals surface area contributed by atoms with E-state index in [1.54, 1.807) is 14.2 Å². The highest BCUT2D eigenvalue weighted by atomic mass is 35.5. The molecule has 26 heavy (non-hydrogen) atoms. The van der Waals surface area contributed by atoms with Gasteiger partial charge in [-0.15, -0.1) is 0 Å². The molecule has 0 spiro atoms. The van der Waals surface area contributed by atoms with Gasteiger partial charge in [-0.2, -0.15) is 0 Å². The maximum absolute atomic E-state index is 6.28. The van der Waals surface area contributed by atoms with Crippen LogP contribution in [-0.4, -0.2) is 31.6 Å². The normalized spacial score (nSPS) is 11.6. The predicted molar refractivity (Wildman–Crippen MR) is 108 cm³/mol. The Kier molecular flexibility index (Phi) is 6.02. The Morgan fingerprint density at radius 2 is 2.00 bits per heavy atom. The molecule has 0 aliphatic carbocycles. The zero-order chi connectivity index (χ0) is 18.4. The summed E-state index contributed by atoms with van der Waals surface area (Å²) in [6.45, 7) is 1.41. The predicted octanol–water partition coefficient (Wildman–Crippen LogP) is 3.74. The minimum Gasteiger partial charge on any atom is -0.497 e. The molecule has 0 unspecified atom stereocenters. The molecule has 0 saturated heterocycles. The van der Waals surface area contributed by atoms with E-state index in [1.807, 2.05) is 30.3 Å². The van der Waals surface area contributed by atoms with Crippen molar-refractivity contribution in [3.05, 3.63) is 64.8 Å². The summed E-state index contributed by atoms with van der Waals surface area (Å²) < 4.78 is 5.17. The largest absolute Gasteiger partial charge is 0.497 e. The van der Waals surface area contributed by atoms with Crippen molar-refractivity contribution in [3.63, 3.8) is 0 Å². The molecule has 3 N–H and O–H groups in total. The van der Waals surface area contributed by atoms with Crippen LogP contribution in [0.15, 0.2) is 53.5 Å². The lowest BCUT2D eigenvalue weighted by atomic mass is 10.1. The topological polar surface area (TPSA) is 61.4 Å². The fraction of sp³-hybridized carbons (Fsp3) is 0.250. The monoisotopic (exact) mass is 370 g/mol. The van der Waals surface area contributed by atoms with Gasteiger partial charge in [0.15, 0.2) is 5.96 Å². The Labute approximate surface area is 158 Å². The van der Waals surface area contributed by atoms with Gasteiger partial charge >= 0.3 is 0 Å². The number of benzene rings is 2. The molecule has 136 valence electrons. The minimum absolute atomic E-state index is 0.678. The Morgan fingerprint density at radius 1 is 1.15 bits per heavy atom. The Morgan fingerprint density at radius 3 is 2.73 bits per heavy atom. The van der Waals surface area contributed by atoms with Gasteiger partial charge in [0.25, 0.3) is 0 Å². The molecule has 3 aromatic rings. The number of aromatic amines is 1. The molecule has 2 aromatic carbocycles. The Hall–Kier alpha value is -2.66. The van der Waals surface area contributed by atoms with Crippen molar-refractivity contribution in [1.29, 1.82) is 0 Å². The Bertz CT molecular complexity index is 871. The molecule has 0 fully saturated rings. The zero-order valence-corrected chi connectivity index (χ0v) is 15.7. The Balaban J connectivity index is 1.50. The standard InChI is InChI=1S/C20H23ClN4O/c1-22-20(23-10-9-14-7-8-17(26-2)12-18(14)21)24-13-16-11-15-5-3-4-6-19(15)25-16/h3-8,11-12,25H,9-10,13H2,1-2H3,(H2,22,23,24). The molecule has 3 rings (SSSR count). The number of rotatable bonds is 6. The highest BCUT2D eigenvalue weighted by Gasteiger charge is 2.05. The van der Waals surface area contributed by atoms with Crippen LogP contribution >= 0.6 is 11.6 Å². The van der Waals surface area contributed by atoms with Gasteiger partial charge in [-0.25, -0.2) is 0 Å². The molecule has 0 saturated carbocycles. The van der Waals surface area contributed by atoms with Crippen LogP contribution in [0.4, 0.5) is 0 Å². The number of H-pyrrole nitrogens is 1. The van der Waals surface area contributed by atoms with E-state index in [4.69, 9.17) is 16.3 Å². The lowest BCUT2D eigenvalue weighted by molar-refractivity contribution is 0.414. The number of para-hydroxylation sites is 1. The summed E-state index contributed by atoms with van der Waals surface area (Å²) in [4.78, 5) is 7.67. The maximum Gasteiger partial charge on any atom is 0.191 e. The van der Waals surface area contributed by atoms with E-state index in [1.165, 1.54) is 5.39 Å². The summed E-state index contributed by atoms with van der Waals surface area (Å²) in [6, 6.07) is 16.1. The summed E-state index contributed by atoms with van der Waals surface area (Å²) in [7, 11) is 3.40. The number of methoxy groups -OCH3 is 1. The van der Waals surface area contributed by atoms with Gasteiger partial charge in [-0.1, -0.05) is 35.9 Å². The smallest absolute Gasteiger partial charge is 0.191 e. The molecule has 0 amide bonds. The molecule has 6 heteroatoms. The van der Waals surface area contributed by atoms with E-state index in [0.717, 1.165) is 41.4 Å². The quantitative estimate of drug-likeness (QED) is 0.457. The third-order valence-corrected chi connectivity index (χ3v) is 4.55. The molecule has 0 atom stereocenters. The second-order valence-corrected chi connectivity index (χ2v) is 6.35. The number of aliphatic imine (C=N–C) groups is 1. The SMILES string of the molecule is CN=C(NCCc1ccc(OC)cc1Cl)NCc1cc2ccccc2[nH]1. The molecular formula is C20H23ClN4O. The van der Waals surface area contributed by atoms with Gasteiger partial charge in [0, 0.05) is 29.8 Å². The van der Waals surface area contributed by atoms with E-state index in [2.05, 4.69) is 38.8 Å². The summed E-state index contributed by atoms with van der Waals surface area (Å²) >= 11 is 6.28. The average molecular weight is 371 g/mol. The van der Waals surface area contributed by atoms with Crippen LogP contribution in [0.5, 0.6) is 5.75 Å². The van der Waals surface area contributed by atoms with Gasteiger partial charge in [0.1, 0.15) is 5.75 Å². The van der Waals surface area contributed by atoms with Crippen molar-refractivity contribution in [2.75, 3.05) is 20.7 Å². The number of aromatic nitrogens is 1. The molecule has 0 aliphatic heterocycles. The molecular weight excluding hydrogens is 348 g/mol. The first-order valence-electron chi connectivity index (χ1n) is 8.53. The van der Waals surface area contributed by atoms with Crippen molar-refractivity contribution in [1.82, 2.24) is 15.6 Å². The van der Waals surface area contributed by atoms with E-state index in [9.17, 15) is 0 Å². The number of nitrogens with one attached hydrogen (secondary N) is 3. The lowest BCUT2D eigenvalue weighted by Gasteiger charge is -2.12. The number of ether oxygens (including phenoxy) is 1. The van der Waals surface area contributed by atoms with Crippen molar-refractivity contribution in [2.45, 2.75) is 13.0 Å². The first-order chi connectivity index (χ1) is 12.7. The van der Waals surface area contributed by atoms with Crippen molar-refractivity contribution in [2.24, 2.45) is 4.99 Å². The summed E-state index contributed by atoms with van der Waals surface area (Å²) in [5.41, 5.74) is 3.33. The molecule has 5 nitrogen and oxygen atoms in total. The van der Waals surface area contributed by atoms with Gasteiger partial charge in [0.2, 0.25) is 0 Å². The summed E-state index contributed by atoms with van der Waals surface area (Å²) in [5, 5.41) is 8.56. The molecule has 1 aromatic heterocycles. The zero-order valence-electron chi connectivity index (χ0n) is 15.0. The fourth-order valence-corrected chi connectivity index (χ4v) is 3.07. The number of nitrogens with zero attached hydrogens (tertiary/aromatic N) is 1. The van der Waals surface area contributed by atoms with Crippen molar-refractivity contribution >= 4 is 28.5 Å². The molecule has 0 radical (unpaired) electrons. The van der Waals surface area contributed by atoms with E-state index < -0.39 is 0 Å². The second-order valence-electron chi connectivity index (χ2n) is 5.94. The van der Waals surface area contributed by atoms with Crippen molar-refractivity contribution in [3.8, 4) is 5.75 Å². The second kappa shape index (κ2) is 8.63. The third kappa shape index (κ3) is 4.49. The number of halogens is 1. The van der Waals surface area contributed by atoms with Crippen LogP contribution in [0.25, 0.3) is 10.9 Å². The highest BCUT2D eigenvalue weighted by Crippen LogP contribution is 2.22. The highest BCUT2D eigenvalue weighted by molar-refractivity contribution is 6.31. The van der Waals surface area contributed by atoms with Crippen LogP contribution in [0.1, 0.15) is 11.3 Å². The van der Waals surface area contributed by atoms with Crippen LogP contribution in [0, 0.1) is 0 Å². The minimum atomic E-state index is 0.678. The van der Waals surface area contributed by atoms with Gasteiger partial charge < -0.3 is 20.4 Å². The van der Waals surface area contributed by atoms with Gasteiger partial charge in [-0.3, -0.25) is 4.99 Å². The molecule has 0 aliphatic rings. The summed E-state index contributed by atoms with van der Waals surface area (Å²) in [6.07, 6.45) is 0.802. The van der Waals surface area contributed by atoms with Crippen LogP contribution < -0.4 is 15.4 Å². The molecule has 0 bridgehead atoms. The number of hydrogen-bond acceptors (Lipinski definition) is 2. The van der Waals surface area contributed by atoms with Gasteiger partial charge in [-0.05, 0) is 41.6 Å². The third-order valence-electron chi connectivity index (χ3n) is 4.20. The van der Waals surface area contributed by atoms with E-state index >= 15 is 0 Å². The lowest BCUT2D eigenvalue weighted by Crippen LogP contribution is -2.37. The number of hydrogen-bond donors (Lipinski definition) is 3. The van der Waals surface area contributed by atoms with Crippen LogP contribution in [0.2, 0.25) is 5.02 Å². The van der Waals surface area contributed by atoms with Crippen LogP contribution in [0.3, 0.4) is 0 Å². The maximum atomic E-state index is 6.28. The van der Waals surface area contributed by atoms with E-state index in [0.29, 0.717) is 11.6 Å². The van der Waals surface area contributed by atoms with Crippen LogP contribution in [-0.2, 0) is 13.0 Å². The first-order valence-corrected chi connectivity index (χ1v) is 8.91. The number of fused-ring (bicyclic) bond motifs is 1. The fourth-order valence-electron chi connectivity index (χ4n) is 2.80. The number of guanidine groups is 1.